The van der Waals surface area contributed by atoms with Gasteiger partial charge in [-0.2, -0.15) is 14.6 Å². The number of hydrogen-bond donors (Lipinski definition) is 0. The van der Waals surface area contributed by atoms with Crippen LogP contribution in [0.3, 0.4) is 0 Å². The van der Waals surface area contributed by atoms with Crippen molar-refractivity contribution in [1.82, 2.24) is 19.6 Å². The molecule has 118 valence electrons. The first kappa shape index (κ1) is 14.7. The number of anilines is 1. The molecular formula is C15H21N5O2. The number of hydrogen-bond acceptors (Lipinski definition) is 6. The highest BCUT2D eigenvalue weighted by atomic mass is 16.5. The predicted octanol–water partition coefficient (Wildman–Crippen LogP) is 1.61. The van der Waals surface area contributed by atoms with Crippen LogP contribution >= 0.6 is 0 Å². The highest BCUT2D eigenvalue weighted by molar-refractivity contribution is 5.70. The predicted molar refractivity (Wildman–Crippen MR) is 81.8 cm³/mol. The molecule has 0 saturated carbocycles. The van der Waals surface area contributed by atoms with Crippen LogP contribution in [0.15, 0.2) is 12.4 Å². The molecule has 0 aromatic carbocycles. The van der Waals surface area contributed by atoms with Crippen LogP contribution < -0.4 is 4.90 Å². The molecule has 3 rings (SSSR count). The van der Waals surface area contributed by atoms with Crippen molar-refractivity contribution in [3.8, 4) is 0 Å². The molecular weight excluding hydrogens is 282 g/mol. The molecule has 1 aliphatic rings. The van der Waals surface area contributed by atoms with Crippen molar-refractivity contribution in [1.29, 1.82) is 0 Å². The van der Waals surface area contributed by atoms with Gasteiger partial charge in [0, 0.05) is 24.3 Å². The molecule has 7 nitrogen and oxygen atoms in total. The lowest BCUT2D eigenvalue weighted by Gasteiger charge is -2.36. The van der Waals surface area contributed by atoms with Crippen molar-refractivity contribution < 1.29 is 9.53 Å². The van der Waals surface area contributed by atoms with E-state index in [1.807, 2.05) is 0 Å². The zero-order valence-corrected chi connectivity index (χ0v) is 13.0. The van der Waals surface area contributed by atoms with Crippen molar-refractivity contribution in [2.75, 3.05) is 18.6 Å². The Morgan fingerprint density at radius 2 is 2.32 bits per heavy atom. The van der Waals surface area contributed by atoms with E-state index in [-0.39, 0.29) is 12.0 Å². The van der Waals surface area contributed by atoms with Crippen LogP contribution in [0.4, 0.5) is 5.82 Å². The number of ether oxygens (including phenoxy) is 1. The van der Waals surface area contributed by atoms with E-state index in [1.165, 1.54) is 13.4 Å². The lowest BCUT2D eigenvalue weighted by Crippen LogP contribution is -2.42. The lowest BCUT2D eigenvalue weighted by molar-refractivity contribution is -0.141. The third-order valence-electron chi connectivity index (χ3n) is 4.20. The van der Waals surface area contributed by atoms with Gasteiger partial charge in [0.2, 0.25) is 0 Å². The Morgan fingerprint density at radius 3 is 3.09 bits per heavy atom. The highest BCUT2D eigenvalue weighted by Gasteiger charge is 2.27. The first-order chi connectivity index (χ1) is 10.7. The fraction of sp³-hybridized carbons (Fsp3) is 0.600. The molecule has 22 heavy (non-hydrogen) atoms. The molecule has 1 atom stereocenters. The topological polar surface area (TPSA) is 72.6 Å². The summed E-state index contributed by atoms with van der Waals surface area (Å²) in [4.78, 5) is 22.6. The third-order valence-corrected chi connectivity index (χ3v) is 4.20. The van der Waals surface area contributed by atoms with Gasteiger partial charge in [-0.15, -0.1) is 0 Å². The monoisotopic (exact) mass is 303 g/mol. The summed E-state index contributed by atoms with van der Waals surface area (Å²) >= 11 is 0. The van der Waals surface area contributed by atoms with Gasteiger partial charge >= 0.3 is 5.97 Å². The summed E-state index contributed by atoms with van der Waals surface area (Å²) < 4.78 is 6.60. The van der Waals surface area contributed by atoms with Gasteiger partial charge in [-0.1, -0.05) is 6.92 Å². The smallest absolute Gasteiger partial charge is 0.307 e. The van der Waals surface area contributed by atoms with E-state index in [0.717, 1.165) is 43.7 Å². The molecule has 7 heteroatoms. The summed E-state index contributed by atoms with van der Waals surface area (Å²) in [5, 5.41) is 4.29. The molecule has 0 unspecified atom stereocenters. The van der Waals surface area contributed by atoms with Gasteiger partial charge < -0.3 is 9.64 Å². The van der Waals surface area contributed by atoms with E-state index >= 15 is 0 Å². The minimum atomic E-state index is -0.170. The Labute approximate surface area is 129 Å². The third kappa shape index (κ3) is 2.75. The number of carbonyl (C=O) groups is 1. The molecule has 0 aliphatic carbocycles. The summed E-state index contributed by atoms with van der Waals surface area (Å²) in [5.41, 5.74) is 0.984. The first-order valence-corrected chi connectivity index (χ1v) is 7.76. The van der Waals surface area contributed by atoms with Crippen LogP contribution in [0.5, 0.6) is 0 Å². The normalized spacial score (nSPS) is 18.6. The van der Waals surface area contributed by atoms with Crippen molar-refractivity contribution >= 4 is 17.6 Å². The largest absolute Gasteiger partial charge is 0.469 e. The summed E-state index contributed by atoms with van der Waals surface area (Å²) in [5.74, 6) is 1.40. The maximum absolute atomic E-state index is 11.7. The number of piperidine rings is 1. The molecule has 1 fully saturated rings. The fourth-order valence-electron chi connectivity index (χ4n) is 3.02. The van der Waals surface area contributed by atoms with Crippen LogP contribution in [-0.4, -0.2) is 45.2 Å². The van der Waals surface area contributed by atoms with Crippen LogP contribution in [-0.2, 0) is 16.0 Å². The van der Waals surface area contributed by atoms with Crippen molar-refractivity contribution in [3.63, 3.8) is 0 Å². The second kappa shape index (κ2) is 6.29. The molecule has 1 saturated heterocycles. The average Bonchev–Trinajstić information content (AvgIpc) is 3.02. The van der Waals surface area contributed by atoms with Gasteiger partial charge in [0.05, 0.1) is 13.5 Å². The summed E-state index contributed by atoms with van der Waals surface area (Å²) in [7, 11) is 1.44. The van der Waals surface area contributed by atoms with Crippen LogP contribution in [0.2, 0.25) is 0 Å². The quantitative estimate of drug-likeness (QED) is 0.799. The molecule has 3 heterocycles. The zero-order valence-electron chi connectivity index (χ0n) is 13.0. The number of esters is 1. The number of aromatic nitrogens is 4. The lowest BCUT2D eigenvalue weighted by atomic mass is 9.99. The Kier molecular flexibility index (Phi) is 4.22. The highest BCUT2D eigenvalue weighted by Crippen LogP contribution is 2.27. The molecule has 0 amide bonds. The minimum Gasteiger partial charge on any atom is -0.469 e. The zero-order chi connectivity index (χ0) is 15.5. The average molecular weight is 303 g/mol. The van der Waals surface area contributed by atoms with Crippen LogP contribution in [0, 0.1) is 0 Å². The van der Waals surface area contributed by atoms with E-state index in [1.54, 1.807) is 4.52 Å². The molecule has 1 aliphatic heterocycles. The standard InChI is InChI=1S/C15H21N5O2/c1-3-11-8-13(20-15(18-11)16-10-17-20)19-7-5-4-6-12(19)9-14(21)22-2/h8,10,12H,3-7,9H2,1-2H3/t12-/m0/s1. The van der Waals surface area contributed by atoms with Gasteiger partial charge in [0.1, 0.15) is 12.1 Å². The molecule has 0 spiro atoms. The van der Waals surface area contributed by atoms with Crippen molar-refractivity contribution in [3.05, 3.63) is 18.1 Å². The van der Waals surface area contributed by atoms with Gasteiger partial charge in [0.25, 0.3) is 5.78 Å². The van der Waals surface area contributed by atoms with E-state index < -0.39 is 0 Å². The number of carbonyl (C=O) groups excluding carboxylic acids is 1. The van der Waals surface area contributed by atoms with Crippen molar-refractivity contribution in [2.45, 2.75) is 45.1 Å². The Morgan fingerprint density at radius 1 is 1.45 bits per heavy atom. The first-order valence-electron chi connectivity index (χ1n) is 7.76. The fourth-order valence-corrected chi connectivity index (χ4v) is 3.02. The second-order valence-corrected chi connectivity index (χ2v) is 5.55. The minimum absolute atomic E-state index is 0.140. The van der Waals surface area contributed by atoms with Gasteiger partial charge in [0.15, 0.2) is 0 Å². The van der Waals surface area contributed by atoms with Crippen LogP contribution in [0.1, 0.15) is 38.3 Å². The van der Waals surface area contributed by atoms with E-state index in [9.17, 15) is 4.79 Å². The van der Waals surface area contributed by atoms with E-state index in [2.05, 4.69) is 33.0 Å². The maximum atomic E-state index is 11.7. The second-order valence-electron chi connectivity index (χ2n) is 5.55. The number of rotatable bonds is 4. The Bertz CT molecular complexity index is 669. The number of nitrogens with zero attached hydrogens (tertiary/aromatic N) is 5. The molecule has 0 radical (unpaired) electrons. The van der Waals surface area contributed by atoms with Gasteiger partial charge in [-0.3, -0.25) is 4.79 Å². The SMILES string of the molecule is CCc1cc(N2CCCC[C@H]2CC(=O)OC)n2ncnc2n1. The molecule has 2 aromatic rings. The summed E-state index contributed by atoms with van der Waals surface area (Å²) in [6, 6.07) is 2.19. The summed E-state index contributed by atoms with van der Waals surface area (Å²) in [6.07, 6.45) is 5.98. The van der Waals surface area contributed by atoms with Gasteiger partial charge in [-0.25, -0.2) is 4.98 Å². The van der Waals surface area contributed by atoms with E-state index in [0.29, 0.717) is 12.2 Å². The van der Waals surface area contributed by atoms with E-state index in [4.69, 9.17) is 4.74 Å². The summed E-state index contributed by atoms with van der Waals surface area (Å²) in [6.45, 7) is 2.98. The Hall–Kier alpha value is -2.18. The van der Waals surface area contributed by atoms with Gasteiger partial charge in [-0.05, 0) is 25.7 Å². The van der Waals surface area contributed by atoms with Crippen molar-refractivity contribution in [2.24, 2.45) is 0 Å². The number of methoxy groups -OCH3 is 1. The number of fused-ring (bicyclic) bond motifs is 1. The number of aryl methyl sites for hydroxylation is 1. The molecule has 0 N–H and O–H groups in total. The molecule has 0 bridgehead atoms. The molecule has 2 aromatic heterocycles. The Balaban J connectivity index is 1.99. The maximum Gasteiger partial charge on any atom is 0.307 e. The van der Waals surface area contributed by atoms with Crippen LogP contribution in [0.25, 0.3) is 5.78 Å².